The highest BCUT2D eigenvalue weighted by Crippen LogP contribution is 2.39. The zero-order valence-electron chi connectivity index (χ0n) is 12.6. The lowest BCUT2D eigenvalue weighted by Gasteiger charge is -2.38. The van der Waals surface area contributed by atoms with Crippen molar-refractivity contribution in [3.63, 3.8) is 0 Å². The van der Waals surface area contributed by atoms with Crippen LogP contribution in [-0.2, 0) is 4.74 Å². The molecule has 0 radical (unpaired) electrons. The van der Waals surface area contributed by atoms with Crippen LogP contribution in [0.5, 0.6) is 0 Å². The zero-order chi connectivity index (χ0) is 13.5. The summed E-state index contributed by atoms with van der Waals surface area (Å²) in [6.45, 7) is 12.8. The number of aliphatic hydroxyl groups excluding tert-OH is 1. The Morgan fingerprint density at radius 3 is 2.06 bits per heavy atom. The zero-order valence-corrected chi connectivity index (χ0v) is 12.6. The van der Waals surface area contributed by atoms with Gasteiger partial charge in [0.2, 0.25) is 0 Å². The third-order valence-corrected chi connectivity index (χ3v) is 3.86. The van der Waals surface area contributed by atoms with E-state index < -0.39 is 6.29 Å². The van der Waals surface area contributed by atoms with Crippen molar-refractivity contribution in [1.82, 2.24) is 0 Å². The summed E-state index contributed by atoms with van der Waals surface area (Å²) < 4.78 is 5.54. The van der Waals surface area contributed by atoms with E-state index in [0.717, 1.165) is 6.42 Å². The fraction of sp³-hybridized carbons (Fsp3) is 1.00. The second kappa shape index (κ2) is 8.10. The summed E-state index contributed by atoms with van der Waals surface area (Å²) in [5.41, 5.74) is 0.194. The maximum atomic E-state index is 10.1. The highest BCUT2D eigenvalue weighted by atomic mass is 16.6. The molecule has 0 aliphatic rings. The normalized spacial score (nSPS) is 19.1. The molecule has 0 rings (SSSR count). The van der Waals surface area contributed by atoms with Crippen LogP contribution in [0.1, 0.15) is 73.6 Å². The van der Waals surface area contributed by atoms with E-state index in [0.29, 0.717) is 0 Å². The van der Waals surface area contributed by atoms with Gasteiger partial charge in [0.25, 0.3) is 0 Å². The van der Waals surface area contributed by atoms with Gasteiger partial charge in [0, 0.05) is 5.92 Å². The third-order valence-electron chi connectivity index (χ3n) is 3.86. The molecule has 0 heterocycles. The smallest absolute Gasteiger partial charge is 0.157 e. The van der Waals surface area contributed by atoms with E-state index in [9.17, 15) is 5.11 Å². The van der Waals surface area contributed by atoms with Crippen molar-refractivity contribution >= 4 is 0 Å². The first-order chi connectivity index (χ1) is 7.87. The Labute approximate surface area is 108 Å². The summed E-state index contributed by atoms with van der Waals surface area (Å²) in [6, 6.07) is 0. The Hall–Kier alpha value is -0.0800. The molecular weight excluding hydrogens is 212 g/mol. The molecule has 0 aliphatic carbocycles. The number of hydrogen-bond acceptors (Lipinski definition) is 2. The first-order valence-corrected chi connectivity index (χ1v) is 7.20. The molecule has 0 bridgehead atoms. The van der Waals surface area contributed by atoms with E-state index in [4.69, 9.17) is 4.74 Å². The lowest BCUT2D eigenvalue weighted by Crippen LogP contribution is -2.37. The summed E-state index contributed by atoms with van der Waals surface area (Å²) in [6.07, 6.45) is 5.40. The van der Waals surface area contributed by atoms with Crippen LogP contribution in [0.25, 0.3) is 0 Å². The predicted molar refractivity (Wildman–Crippen MR) is 73.9 cm³/mol. The van der Waals surface area contributed by atoms with Crippen molar-refractivity contribution in [2.75, 3.05) is 0 Å². The summed E-state index contributed by atoms with van der Waals surface area (Å²) in [5.74, 6) is 0.191. The number of hydrogen-bond donors (Lipinski definition) is 1. The van der Waals surface area contributed by atoms with Crippen molar-refractivity contribution < 1.29 is 9.84 Å². The van der Waals surface area contributed by atoms with Crippen LogP contribution in [0, 0.1) is 11.3 Å². The molecule has 0 fully saturated rings. The lowest BCUT2D eigenvalue weighted by molar-refractivity contribution is -0.178. The Balaban J connectivity index is 4.54. The highest BCUT2D eigenvalue weighted by Gasteiger charge is 2.35. The van der Waals surface area contributed by atoms with E-state index in [2.05, 4.69) is 27.7 Å². The lowest BCUT2D eigenvalue weighted by atomic mass is 9.71. The van der Waals surface area contributed by atoms with Gasteiger partial charge in [-0.15, -0.1) is 0 Å². The molecule has 0 aromatic rings. The monoisotopic (exact) mass is 244 g/mol. The second-order valence-electron chi connectivity index (χ2n) is 5.87. The molecule has 104 valence electrons. The standard InChI is InChI=1S/C15H32O2/c1-7-9-11-15(6,10-8-2)13(5)14(16)17-12(3)4/h12-14,16H,7-11H2,1-6H3. The molecule has 0 saturated heterocycles. The maximum Gasteiger partial charge on any atom is 0.157 e. The van der Waals surface area contributed by atoms with Crippen LogP contribution in [0.3, 0.4) is 0 Å². The van der Waals surface area contributed by atoms with Crippen molar-refractivity contribution in [3.8, 4) is 0 Å². The Kier molecular flexibility index (Phi) is 8.06. The first-order valence-electron chi connectivity index (χ1n) is 7.20. The average molecular weight is 244 g/mol. The number of rotatable bonds is 9. The topological polar surface area (TPSA) is 29.5 Å². The van der Waals surface area contributed by atoms with E-state index in [1.165, 1.54) is 25.7 Å². The largest absolute Gasteiger partial charge is 0.368 e. The highest BCUT2D eigenvalue weighted by molar-refractivity contribution is 4.81. The van der Waals surface area contributed by atoms with E-state index in [-0.39, 0.29) is 17.4 Å². The summed E-state index contributed by atoms with van der Waals surface area (Å²) in [5, 5.41) is 10.1. The van der Waals surface area contributed by atoms with Gasteiger partial charge < -0.3 is 9.84 Å². The van der Waals surface area contributed by atoms with Gasteiger partial charge in [-0.25, -0.2) is 0 Å². The van der Waals surface area contributed by atoms with Gasteiger partial charge in [0.15, 0.2) is 6.29 Å². The molecule has 2 nitrogen and oxygen atoms in total. The van der Waals surface area contributed by atoms with Gasteiger partial charge in [-0.05, 0) is 32.1 Å². The SMILES string of the molecule is CCCCC(C)(CCC)C(C)C(O)OC(C)C. The maximum absolute atomic E-state index is 10.1. The van der Waals surface area contributed by atoms with Crippen LogP contribution >= 0.6 is 0 Å². The van der Waals surface area contributed by atoms with E-state index >= 15 is 0 Å². The molecule has 0 aromatic heterocycles. The first kappa shape index (κ1) is 16.9. The van der Waals surface area contributed by atoms with Crippen LogP contribution < -0.4 is 0 Å². The van der Waals surface area contributed by atoms with Crippen LogP contribution in [0.4, 0.5) is 0 Å². The van der Waals surface area contributed by atoms with Crippen LogP contribution in [-0.4, -0.2) is 17.5 Å². The molecule has 0 amide bonds. The quantitative estimate of drug-likeness (QED) is 0.611. The number of ether oxygens (including phenoxy) is 1. The van der Waals surface area contributed by atoms with Gasteiger partial charge in [0.1, 0.15) is 0 Å². The molecule has 0 spiro atoms. The summed E-state index contributed by atoms with van der Waals surface area (Å²) in [4.78, 5) is 0. The Bertz CT molecular complexity index is 191. The molecule has 2 heteroatoms. The van der Waals surface area contributed by atoms with E-state index in [1.54, 1.807) is 0 Å². The molecule has 0 aromatic carbocycles. The Morgan fingerprint density at radius 2 is 1.65 bits per heavy atom. The van der Waals surface area contributed by atoms with Gasteiger partial charge in [-0.3, -0.25) is 0 Å². The predicted octanol–water partition coefficient (Wildman–Crippen LogP) is 4.36. The fourth-order valence-corrected chi connectivity index (χ4v) is 2.47. The molecule has 17 heavy (non-hydrogen) atoms. The molecule has 3 atom stereocenters. The minimum Gasteiger partial charge on any atom is -0.368 e. The van der Waals surface area contributed by atoms with Gasteiger partial charge in [-0.2, -0.15) is 0 Å². The third kappa shape index (κ3) is 5.87. The van der Waals surface area contributed by atoms with Crippen molar-refractivity contribution in [1.29, 1.82) is 0 Å². The summed E-state index contributed by atoms with van der Waals surface area (Å²) in [7, 11) is 0. The van der Waals surface area contributed by atoms with Crippen molar-refractivity contribution in [2.24, 2.45) is 11.3 Å². The van der Waals surface area contributed by atoms with Gasteiger partial charge in [0.05, 0.1) is 6.10 Å². The molecule has 1 N–H and O–H groups in total. The second-order valence-corrected chi connectivity index (χ2v) is 5.87. The molecule has 0 saturated carbocycles. The number of unbranched alkanes of at least 4 members (excludes halogenated alkanes) is 1. The van der Waals surface area contributed by atoms with Crippen LogP contribution in [0.15, 0.2) is 0 Å². The van der Waals surface area contributed by atoms with Crippen molar-refractivity contribution in [2.45, 2.75) is 86.0 Å². The van der Waals surface area contributed by atoms with Crippen LogP contribution in [0.2, 0.25) is 0 Å². The Morgan fingerprint density at radius 1 is 1.06 bits per heavy atom. The summed E-state index contributed by atoms with van der Waals surface area (Å²) >= 11 is 0. The average Bonchev–Trinajstić information content (AvgIpc) is 2.24. The molecular formula is C15H32O2. The number of aliphatic hydroxyl groups is 1. The fourth-order valence-electron chi connectivity index (χ4n) is 2.47. The minimum absolute atomic E-state index is 0.0875. The van der Waals surface area contributed by atoms with Crippen molar-refractivity contribution in [3.05, 3.63) is 0 Å². The molecule has 3 unspecified atom stereocenters. The van der Waals surface area contributed by atoms with E-state index in [1.807, 2.05) is 13.8 Å². The minimum atomic E-state index is -0.636. The molecule has 0 aliphatic heterocycles. The van der Waals surface area contributed by atoms with Gasteiger partial charge >= 0.3 is 0 Å². The van der Waals surface area contributed by atoms with Gasteiger partial charge in [-0.1, -0.05) is 47.0 Å².